The average molecular weight is 1090 g/mol. The highest BCUT2D eigenvalue weighted by Crippen LogP contribution is 2.29. The normalized spacial score (nSPS) is 14.9. The standard InChI is InChI=1S/C49H68N14O15/c1-25(2)17-34(59-48(72)37-10-8-16-61(37)41(65)19-28-20-42(66)78-39-22-30(77-6)12-13-31(28)39)45(69)55-24-40(64)57-35(18-26(3)4)46(70)60-36(23-54-32-14-11-29(62(73)74)21-38(32)63(75)76)47(71)56-27(5)44(68)58-33(43(50)67)9-7-15-53-49(51)52/h11-14,20-22,25-27,33-37,54H,7-10,15-19,23-24H2,1-6H3,(H2,50,67)(H,55,69)(H,56,71)(H,57,64)(H,58,68)(H,59,72)(H,60,70)(H4,51,52,53)/t27-,33-,34-,35-,36-,37-/m0/s1. The van der Waals surface area contributed by atoms with Gasteiger partial charge in [0, 0.05) is 43.2 Å². The number of hydrogen-bond acceptors (Lipinski definition) is 17. The SMILES string of the molecule is COc1ccc2c(CC(=O)N3CCC[C@H]3C(=O)N[C@@H](CC(C)C)C(=O)NCC(=O)N[C@@H](CC(C)C)C(=O)N[C@@H](CNc3ccc([N+](=O)[O-])cc3[N+](=O)[O-])C(=O)N[C@@H](C)C(=O)N[C@@H](CCCN=C(N)N)C(N)=O)cc(=O)oc2c1. The van der Waals surface area contributed by atoms with Crippen LogP contribution in [-0.4, -0.2) is 138 Å². The number of likely N-dealkylation sites (tertiary alicyclic amines) is 1. The van der Waals surface area contributed by atoms with Crippen molar-refractivity contribution in [2.45, 2.75) is 116 Å². The third-order valence-electron chi connectivity index (χ3n) is 12.3. The molecular weight excluding hydrogens is 1020 g/mol. The topological polar surface area (TPSA) is 440 Å². The predicted molar refractivity (Wildman–Crippen MR) is 282 cm³/mol. The zero-order chi connectivity index (χ0) is 58.0. The van der Waals surface area contributed by atoms with E-state index in [-0.39, 0.29) is 80.7 Å². The third-order valence-corrected chi connectivity index (χ3v) is 12.3. The highest BCUT2D eigenvalue weighted by molar-refractivity contribution is 5.97. The predicted octanol–water partition coefficient (Wildman–Crippen LogP) is -0.545. The smallest absolute Gasteiger partial charge is 0.336 e. The van der Waals surface area contributed by atoms with Crippen LogP contribution in [0.4, 0.5) is 17.1 Å². The minimum atomic E-state index is -1.67. The second-order valence-electron chi connectivity index (χ2n) is 19.3. The molecule has 8 amide bonds. The van der Waals surface area contributed by atoms with E-state index in [4.69, 9.17) is 26.4 Å². The van der Waals surface area contributed by atoms with Gasteiger partial charge in [0.1, 0.15) is 53.3 Å². The molecule has 2 heterocycles. The molecule has 1 aromatic heterocycles. The van der Waals surface area contributed by atoms with Crippen molar-refractivity contribution in [1.29, 1.82) is 0 Å². The fraction of sp³-hybridized carbons (Fsp3) is 0.510. The van der Waals surface area contributed by atoms with Crippen LogP contribution >= 0.6 is 0 Å². The number of methoxy groups -OCH3 is 1. The molecule has 0 radical (unpaired) electrons. The van der Waals surface area contributed by atoms with Crippen LogP contribution in [0.5, 0.6) is 5.75 Å². The van der Waals surface area contributed by atoms with Gasteiger partial charge in [0.15, 0.2) is 5.96 Å². The molecule has 4 rings (SSSR count). The number of rotatable bonds is 29. The highest BCUT2D eigenvalue weighted by Gasteiger charge is 2.37. The number of ether oxygens (including phenoxy) is 1. The van der Waals surface area contributed by atoms with E-state index < -0.39 is 123 Å². The summed E-state index contributed by atoms with van der Waals surface area (Å²) in [6.45, 7) is 7.37. The number of benzene rings is 2. The van der Waals surface area contributed by atoms with Gasteiger partial charge in [-0.3, -0.25) is 63.6 Å². The fourth-order valence-corrected chi connectivity index (χ4v) is 8.39. The van der Waals surface area contributed by atoms with Crippen LogP contribution in [0.15, 0.2) is 56.7 Å². The summed E-state index contributed by atoms with van der Waals surface area (Å²) in [4.78, 5) is 147. The molecule has 0 bridgehead atoms. The maximum Gasteiger partial charge on any atom is 0.336 e. The Balaban J connectivity index is 1.47. The number of hydrogen-bond donors (Lipinski definition) is 10. The van der Waals surface area contributed by atoms with Gasteiger partial charge in [-0.2, -0.15) is 0 Å². The van der Waals surface area contributed by atoms with Crippen molar-refractivity contribution in [2.24, 2.45) is 34.0 Å². The van der Waals surface area contributed by atoms with E-state index in [9.17, 15) is 63.4 Å². The van der Waals surface area contributed by atoms with Gasteiger partial charge in [0.05, 0.1) is 36.0 Å². The van der Waals surface area contributed by atoms with Crippen molar-refractivity contribution >= 4 is 81.2 Å². The van der Waals surface area contributed by atoms with Crippen LogP contribution in [-0.2, 0) is 44.8 Å². The maximum atomic E-state index is 14.1. The van der Waals surface area contributed by atoms with Crippen LogP contribution in [0, 0.1) is 32.1 Å². The number of nitro benzene ring substituents is 2. The number of nitro groups is 2. The first-order valence-electron chi connectivity index (χ1n) is 25.0. The van der Waals surface area contributed by atoms with Gasteiger partial charge in [-0.25, -0.2) is 4.79 Å². The Bertz CT molecular complexity index is 2820. The van der Waals surface area contributed by atoms with Gasteiger partial charge < -0.3 is 68.5 Å². The van der Waals surface area contributed by atoms with E-state index >= 15 is 0 Å². The molecule has 6 atom stereocenters. The van der Waals surface area contributed by atoms with Crippen molar-refractivity contribution in [2.75, 3.05) is 38.6 Å². The van der Waals surface area contributed by atoms with E-state index in [2.05, 4.69) is 42.2 Å². The van der Waals surface area contributed by atoms with Gasteiger partial charge in [0.25, 0.3) is 11.4 Å². The average Bonchev–Trinajstić information content (AvgIpc) is 3.92. The maximum absolute atomic E-state index is 14.1. The van der Waals surface area contributed by atoms with Gasteiger partial charge in [-0.1, -0.05) is 27.7 Å². The number of nitrogens with one attached hydrogen (secondary N) is 7. The molecule has 1 fully saturated rings. The minimum absolute atomic E-state index is 0.0236. The van der Waals surface area contributed by atoms with Crippen LogP contribution < -0.4 is 64.8 Å². The summed E-state index contributed by atoms with van der Waals surface area (Å²) in [7, 11) is 1.45. The number of non-ortho nitro benzene ring substituents is 1. The summed E-state index contributed by atoms with van der Waals surface area (Å²) in [6, 6.07) is 0.961. The number of anilines is 1. The Labute approximate surface area is 447 Å². The molecule has 0 saturated carbocycles. The highest BCUT2D eigenvalue weighted by atomic mass is 16.6. The van der Waals surface area contributed by atoms with Gasteiger partial charge in [0.2, 0.25) is 47.3 Å². The Morgan fingerprint density at radius 3 is 2.06 bits per heavy atom. The lowest BCUT2D eigenvalue weighted by atomic mass is 10.0. The summed E-state index contributed by atoms with van der Waals surface area (Å²) in [6.07, 6.45) is 0.905. The number of carbonyl (C=O) groups is 8. The third kappa shape index (κ3) is 18.4. The molecule has 0 spiro atoms. The summed E-state index contributed by atoms with van der Waals surface area (Å²) < 4.78 is 10.5. The molecule has 1 aliphatic heterocycles. The molecule has 29 heteroatoms. The molecule has 2 aromatic carbocycles. The Kier molecular flexibility index (Phi) is 22.8. The molecule has 1 aliphatic rings. The zero-order valence-corrected chi connectivity index (χ0v) is 44.1. The second-order valence-corrected chi connectivity index (χ2v) is 19.3. The molecule has 0 aliphatic carbocycles. The van der Waals surface area contributed by atoms with Crippen molar-refractivity contribution in [3.8, 4) is 5.75 Å². The van der Waals surface area contributed by atoms with Gasteiger partial charge in [-0.05, 0) is 81.0 Å². The quantitative estimate of drug-likeness (QED) is 0.0104. The number of amides is 8. The zero-order valence-electron chi connectivity index (χ0n) is 44.1. The number of nitrogens with two attached hydrogens (primary N) is 3. The number of fused-ring (bicyclic) bond motifs is 1. The van der Waals surface area contributed by atoms with Crippen LogP contribution in [0.2, 0.25) is 0 Å². The van der Waals surface area contributed by atoms with Crippen LogP contribution in [0.25, 0.3) is 11.0 Å². The summed E-state index contributed by atoms with van der Waals surface area (Å²) in [5.41, 5.74) is 14.4. The minimum Gasteiger partial charge on any atom is -0.497 e. The van der Waals surface area contributed by atoms with E-state index in [1.54, 1.807) is 26.0 Å². The lowest BCUT2D eigenvalue weighted by Gasteiger charge is -2.27. The van der Waals surface area contributed by atoms with Crippen molar-refractivity contribution in [1.82, 2.24) is 36.8 Å². The molecular formula is C49H68N14O15. The number of aliphatic imine (C=N–C) groups is 1. The van der Waals surface area contributed by atoms with E-state index in [1.165, 1.54) is 31.1 Å². The fourth-order valence-electron chi connectivity index (χ4n) is 8.39. The summed E-state index contributed by atoms with van der Waals surface area (Å²) in [5, 5.41) is 41.5. The lowest BCUT2D eigenvalue weighted by Crippen LogP contribution is -2.59. The molecule has 78 heavy (non-hydrogen) atoms. The monoisotopic (exact) mass is 1090 g/mol. The molecule has 424 valence electrons. The summed E-state index contributed by atoms with van der Waals surface area (Å²) in [5.74, 6) is -6.57. The number of guanidine groups is 1. The Hall–Kier alpha value is -8.92. The molecule has 13 N–H and O–H groups in total. The lowest BCUT2D eigenvalue weighted by molar-refractivity contribution is -0.393. The van der Waals surface area contributed by atoms with Crippen molar-refractivity contribution in [3.05, 3.63) is 78.7 Å². The Morgan fingerprint density at radius 1 is 0.795 bits per heavy atom. The van der Waals surface area contributed by atoms with Gasteiger partial charge >= 0.3 is 5.63 Å². The Morgan fingerprint density at radius 2 is 1.45 bits per heavy atom. The van der Waals surface area contributed by atoms with E-state index in [1.807, 2.05) is 13.8 Å². The summed E-state index contributed by atoms with van der Waals surface area (Å²) >= 11 is 0. The molecule has 1 saturated heterocycles. The number of primary amides is 1. The first kappa shape index (κ1) is 61.6. The molecule has 0 unspecified atom stereocenters. The van der Waals surface area contributed by atoms with E-state index in [0.29, 0.717) is 29.2 Å². The van der Waals surface area contributed by atoms with Crippen LogP contribution in [0.1, 0.15) is 78.7 Å². The first-order chi connectivity index (χ1) is 36.8. The molecule has 3 aromatic rings. The number of nitrogens with zero attached hydrogens (tertiary/aromatic N) is 4. The second kappa shape index (κ2) is 28.8. The van der Waals surface area contributed by atoms with Crippen LogP contribution in [0.3, 0.4) is 0 Å². The van der Waals surface area contributed by atoms with E-state index in [0.717, 1.165) is 12.1 Å². The van der Waals surface area contributed by atoms with Gasteiger partial charge in [-0.15, -0.1) is 0 Å². The van der Waals surface area contributed by atoms with Crippen molar-refractivity contribution < 1.29 is 57.4 Å². The largest absolute Gasteiger partial charge is 0.497 e. The van der Waals surface area contributed by atoms with Crippen molar-refractivity contribution in [3.63, 3.8) is 0 Å². The number of carbonyl (C=O) groups excluding carboxylic acids is 8. The molecule has 29 nitrogen and oxygen atoms in total. The first-order valence-corrected chi connectivity index (χ1v) is 25.0.